The summed E-state index contributed by atoms with van der Waals surface area (Å²) >= 11 is 0. The van der Waals surface area contributed by atoms with E-state index in [2.05, 4.69) is 0 Å². The van der Waals surface area contributed by atoms with E-state index >= 15 is 0 Å². The summed E-state index contributed by atoms with van der Waals surface area (Å²) in [5, 5.41) is 10.1. The van der Waals surface area contributed by atoms with Crippen LogP contribution < -0.4 is 0 Å². The molecule has 29 heavy (non-hydrogen) atoms. The Hall–Kier alpha value is -3.61. The molecule has 2 aromatic rings. The fourth-order valence-corrected chi connectivity index (χ4v) is 3.68. The molecule has 0 aliphatic carbocycles. The number of phenols is 1. The summed E-state index contributed by atoms with van der Waals surface area (Å²) in [6, 6.07) is 14.3. The van der Waals surface area contributed by atoms with Gasteiger partial charge in [-0.3, -0.25) is 14.4 Å². The molecular weight excluding hydrogens is 376 g/mol. The first-order chi connectivity index (χ1) is 13.8. The van der Waals surface area contributed by atoms with Crippen LogP contribution in [0.15, 0.2) is 66.4 Å². The molecule has 0 bridgehead atoms. The number of aromatic hydroxyl groups is 1. The highest BCUT2D eigenvalue weighted by molar-refractivity contribution is 6.21. The van der Waals surface area contributed by atoms with Gasteiger partial charge in [0.15, 0.2) is 11.4 Å². The number of ketones is 1. The van der Waals surface area contributed by atoms with Gasteiger partial charge in [-0.15, -0.1) is 0 Å². The average molecular weight is 396 g/mol. The maximum Gasteiger partial charge on any atom is 0.332 e. The molecule has 0 spiro atoms. The van der Waals surface area contributed by atoms with Crippen molar-refractivity contribution in [3.63, 3.8) is 0 Å². The lowest BCUT2D eigenvalue weighted by Crippen LogP contribution is -2.56. The number of phenolic OH excluding ortho intramolecular Hbond substituents is 1. The first-order valence-electron chi connectivity index (χ1n) is 8.78. The molecule has 150 valence electrons. The number of hydrogen-bond donors (Lipinski definition) is 1. The maximum atomic E-state index is 13.3. The second-order valence-corrected chi connectivity index (χ2v) is 6.63. The molecule has 7 heteroatoms. The molecule has 2 aromatic carbocycles. The predicted octanol–water partition coefficient (Wildman–Crippen LogP) is 2.74. The summed E-state index contributed by atoms with van der Waals surface area (Å²) in [6.45, 7) is 1.51. The Kier molecular flexibility index (Phi) is 5.16. The van der Waals surface area contributed by atoms with Crippen molar-refractivity contribution in [1.29, 1.82) is 0 Å². The van der Waals surface area contributed by atoms with Gasteiger partial charge in [-0.1, -0.05) is 42.5 Å². The molecule has 0 radical (unpaired) electrons. The van der Waals surface area contributed by atoms with Gasteiger partial charge in [-0.05, 0) is 24.6 Å². The maximum absolute atomic E-state index is 13.3. The Balaban J connectivity index is 2.29. The van der Waals surface area contributed by atoms with Gasteiger partial charge in [0.2, 0.25) is 5.41 Å². The van der Waals surface area contributed by atoms with E-state index in [4.69, 9.17) is 14.2 Å². The summed E-state index contributed by atoms with van der Waals surface area (Å²) in [4.78, 5) is 39.5. The van der Waals surface area contributed by atoms with Gasteiger partial charge < -0.3 is 19.3 Å². The molecule has 7 nitrogen and oxygen atoms in total. The van der Waals surface area contributed by atoms with E-state index in [9.17, 15) is 19.5 Å². The molecular formula is C22H20O7. The first kappa shape index (κ1) is 20.1. The second-order valence-electron chi connectivity index (χ2n) is 6.63. The highest BCUT2D eigenvalue weighted by Crippen LogP contribution is 2.55. The third kappa shape index (κ3) is 2.77. The van der Waals surface area contributed by atoms with Crippen LogP contribution in [-0.4, -0.2) is 37.0 Å². The van der Waals surface area contributed by atoms with Crippen molar-refractivity contribution >= 4 is 17.7 Å². The number of carbonyl (C=O) groups excluding carboxylic acids is 3. The van der Waals surface area contributed by atoms with Crippen LogP contribution in [0.4, 0.5) is 0 Å². The zero-order valence-corrected chi connectivity index (χ0v) is 16.2. The lowest BCUT2D eigenvalue weighted by atomic mass is 9.64. The van der Waals surface area contributed by atoms with Crippen molar-refractivity contribution in [2.75, 3.05) is 14.2 Å². The fraction of sp³-hybridized carbons (Fsp3) is 0.227. The zero-order valence-electron chi connectivity index (χ0n) is 16.2. The van der Waals surface area contributed by atoms with Gasteiger partial charge >= 0.3 is 11.9 Å². The second kappa shape index (κ2) is 7.43. The van der Waals surface area contributed by atoms with E-state index in [1.807, 2.05) is 0 Å². The van der Waals surface area contributed by atoms with Crippen molar-refractivity contribution in [2.24, 2.45) is 5.41 Å². The highest BCUT2D eigenvalue weighted by atomic mass is 16.6. The van der Waals surface area contributed by atoms with Crippen molar-refractivity contribution in [3.8, 4) is 5.75 Å². The smallest absolute Gasteiger partial charge is 0.332 e. The first-order valence-corrected chi connectivity index (χ1v) is 8.78. The normalized spacial score (nSPS) is 19.6. The number of rotatable bonds is 5. The summed E-state index contributed by atoms with van der Waals surface area (Å²) in [5.74, 6) is -3.07. The number of esters is 2. The standard InChI is InChI=1S/C22H20O7/c1-21(14-9-5-4-6-10-14)22(19(25)27-2,20(26)28-3)16(13-29-21)18(24)15-11-7-8-12-17(15)23/h4-13,23H,1-3H3. The van der Waals surface area contributed by atoms with Gasteiger partial charge in [0, 0.05) is 0 Å². The van der Waals surface area contributed by atoms with Crippen LogP contribution in [-0.2, 0) is 29.4 Å². The van der Waals surface area contributed by atoms with Crippen LogP contribution in [0.3, 0.4) is 0 Å². The number of benzene rings is 2. The molecule has 1 heterocycles. The quantitative estimate of drug-likeness (QED) is 0.471. The third-order valence-corrected chi connectivity index (χ3v) is 5.23. The third-order valence-electron chi connectivity index (χ3n) is 5.23. The van der Waals surface area contributed by atoms with E-state index in [0.717, 1.165) is 20.5 Å². The van der Waals surface area contributed by atoms with E-state index in [0.29, 0.717) is 5.56 Å². The molecule has 1 atom stereocenters. The van der Waals surface area contributed by atoms with Gasteiger partial charge in [0.05, 0.1) is 31.6 Å². The van der Waals surface area contributed by atoms with Crippen LogP contribution in [0.5, 0.6) is 5.75 Å². The van der Waals surface area contributed by atoms with Crippen molar-refractivity contribution in [1.82, 2.24) is 0 Å². The lowest BCUT2D eigenvalue weighted by Gasteiger charge is -2.39. The number of Topliss-reactive ketones (excluding diaryl/α,β-unsaturated/α-hetero) is 1. The van der Waals surface area contributed by atoms with Crippen LogP contribution >= 0.6 is 0 Å². The number of methoxy groups -OCH3 is 2. The molecule has 3 rings (SSSR count). The van der Waals surface area contributed by atoms with E-state index in [-0.39, 0.29) is 16.9 Å². The molecule has 1 aliphatic rings. The predicted molar refractivity (Wildman–Crippen MR) is 102 cm³/mol. The average Bonchev–Trinajstić information content (AvgIpc) is 3.08. The van der Waals surface area contributed by atoms with Crippen molar-refractivity contribution in [3.05, 3.63) is 77.6 Å². The molecule has 0 aromatic heterocycles. The Labute approximate surface area is 167 Å². The largest absolute Gasteiger partial charge is 0.507 e. The summed E-state index contributed by atoms with van der Waals surface area (Å²) in [7, 11) is 2.22. The summed E-state index contributed by atoms with van der Waals surface area (Å²) in [5.41, 5.74) is -3.77. The Bertz CT molecular complexity index is 977. The van der Waals surface area contributed by atoms with E-state index in [1.54, 1.807) is 42.5 Å². The number of para-hydroxylation sites is 1. The van der Waals surface area contributed by atoms with E-state index in [1.165, 1.54) is 19.1 Å². The highest BCUT2D eigenvalue weighted by Gasteiger charge is 2.70. The summed E-state index contributed by atoms with van der Waals surface area (Å²) in [6.07, 6.45) is 1.07. The van der Waals surface area contributed by atoms with Crippen molar-refractivity contribution < 1.29 is 33.7 Å². The minimum absolute atomic E-state index is 0.0863. The molecule has 0 fully saturated rings. The van der Waals surface area contributed by atoms with Crippen LogP contribution in [0.25, 0.3) is 0 Å². The molecule has 1 aliphatic heterocycles. The molecule has 1 unspecified atom stereocenters. The monoisotopic (exact) mass is 396 g/mol. The molecule has 0 saturated heterocycles. The minimum atomic E-state index is -2.24. The van der Waals surface area contributed by atoms with Gasteiger partial charge in [0.25, 0.3) is 0 Å². The van der Waals surface area contributed by atoms with Gasteiger partial charge in [-0.2, -0.15) is 0 Å². The number of carbonyl (C=O) groups is 3. The fourth-order valence-electron chi connectivity index (χ4n) is 3.68. The number of ether oxygens (including phenoxy) is 3. The Morgan fingerprint density at radius 1 is 0.897 bits per heavy atom. The number of hydrogen-bond acceptors (Lipinski definition) is 7. The van der Waals surface area contributed by atoms with Gasteiger partial charge in [0.1, 0.15) is 5.75 Å². The summed E-state index contributed by atoms with van der Waals surface area (Å²) < 4.78 is 15.7. The Morgan fingerprint density at radius 3 is 2.00 bits per heavy atom. The lowest BCUT2D eigenvalue weighted by molar-refractivity contribution is -0.180. The van der Waals surface area contributed by atoms with Crippen LogP contribution in [0.1, 0.15) is 22.8 Å². The zero-order chi connectivity index (χ0) is 21.2. The Morgan fingerprint density at radius 2 is 1.45 bits per heavy atom. The topological polar surface area (TPSA) is 99.1 Å². The van der Waals surface area contributed by atoms with Crippen LogP contribution in [0.2, 0.25) is 0 Å². The molecule has 0 amide bonds. The van der Waals surface area contributed by atoms with Crippen molar-refractivity contribution in [2.45, 2.75) is 12.5 Å². The van der Waals surface area contributed by atoms with Crippen LogP contribution in [0, 0.1) is 5.41 Å². The van der Waals surface area contributed by atoms with Gasteiger partial charge in [-0.25, -0.2) is 0 Å². The van der Waals surface area contributed by atoms with E-state index < -0.39 is 28.7 Å². The minimum Gasteiger partial charge on any atom is -0.507 e. The molecule has 0 saturated carbocycles. The molecule has 1 N–H and O–H groups in total. The SMILES string of the molecule is COC(=O)C1(C(=O)OC)C(C(=O)c2ccccc2O)=COC1(C)c1ccccc1.